The van der Waals surface area contributed by atoms with Gasteiger partial charge in [-0.1, -0.05) is 95.7 Å². The molecule has 0 fully saturated rings. The van der Waals surface area contributed by atoms with E-state index in [9.17, 15) is 9.59 Å². The molecule has 10 rings (SSSR count). The van der Waals surface area contributed by atoms with Gasteiger partial charge in [-0.3, -0.25) is 24.2 Å². The Kier molecular flexibility index (Phi) is 36.0. The number of oxime groups is 2. The smallest absolute Gasteiger partial charge is 1.00 e. The normalized spacial score (nSPS) is 12.2. The number of fused-ring (bicyclic) bond motifs is 3. The fourth-order valence-electron chi connectivity index (χ4n) is 7.55. The van der Waals surface area contributed by atoms with Crippen molar-refractivity contribution >= 4 is 164 Å². The summed E-state index contributed by atoms with van der Waals surface area (Å²) < 4.78 is 21.1. The average Bonchev–Trinajstić information content (AvgIpc) is 2.65. The van der Waals surface area contributed by atoms with E-state index in [2.05, 4.69) is 143 Å². The Bertz CT molecular complexity index is 3820. The first-order valence-electron chi connectivity index (χ1n) is 23.8. The van der Waals surface area contributed by atoms with Crippen LogP contribution in [0.1, 0.15) is 80.3 Å². The van der Waals surface area contributed by atoms with E-state index in [1.807, 2.05) is 62.4 Å². The van der Waals surface area contributed by atoms with Gasteiger partial charge < -0.3 is 47.3 Å². The third-order valence-corrected chi connectivity index (χ3v) is 17.8. The van der Waals surface area contributed by atoms with Crippen LogP contribution in [0, 0.1) is 20.8 Å². The molecule has 6 aromatic heterocycles. The molecule has 0 bridgehead atoms. The monoisotopic (exact) mass is 1530 g/mol. The van der Waals surface area contributed by atoms with Crippen LogP contribution in [-0.2, 0) is 19.4 Å². The molecule has 1 unspecified atom stereocenters. The largest absolute Gasteiger partial charge is 1.00 e. The summed E-state index contributed by atoms with van der Waals surface area (Å²) in [6.07, 6.45) is 0. The second-order valence-corrected chi connectivity index (χ2v) is 22.9. The Morgan fingerprint density at radius 2 is 1.13 bits per heavy atom. The van der Waals surface area contributed by atoms with E-state index in [-0.39, 0.29) is 161 Å². The van der Waals surface area contributed by atoms with Gasteiger partial charge in [-0.15, -0.1) is 34.0 Å². The van der Waals surface area contributed by atoms with E-state index in [0.717, 1.165) is 30.6 Å². The van der Waals surface area contributed by atoms with E-state index >= 15 is 0 Å². The Balaban J connectivity index is 0.000000578. The number of ether oxygens (including phenoxy) is 3. The number of thiophene rings is 3. The van der Waals surface area contributed by atoms with Crippen LogP contribution in [0.2, 0.25) is 0 Å². The quantitative estimate of drug-likeness (QED) is 0.00995. The molecular weight excluding hydrogens is 1480 g/mol. The first kappa shape index (κ1) is 78.4. The molecule has 446 valence electrons. The van der Waals surface area contributed by atoms with Crippen molar-refractivity contribution in [3.05, 3.63) is 171 Å². The van der Waals surface area contributed by atoms with Gasteiger partial charge in [0.15, 0.2) is 29.9 Å². The molecule has 0 spiro atoms. The number of hydroxylamine groups is 1. The number of rotatable bonds is 14. The number of nitrogens with zero attached hydrogens (tertiary/aromatic N) is 6. The third kappa shape index (κ3) is 20.9. The van der Waals surface area contributed by atoms with Crippen molar-refractivity contribution in [2.24, 2.45) is 26.8 Å². The number of methoxy groups -OCH3 is 3. The summed E-state index contributed by atoms with van der Waals surface area (Å²) in [6.45, 7) is 6.20. The van der Waals surface area contributed by atoms with Gasteiger partial charge in [0, 0.05) is 19.0 Å². The zero-order chi connectivity index (χ0) is 59.5. The number of carbonyl (C=O) groups is 3. The molecule has 0 radical (unpaired) electrons. The molecule has 0 amide bonds. The zero-order valence-electron chi connectivity index (χ0n) is 47.3. The van der Waals surface area contributed by atoms with Crippen LogP contribution in [0.25, 0.3) is 30.3 Å². The second kappa shape index (κ2) is 39.5. The second-order valence-electron chi connectivity index (χ2n) is 16.6. The number of Topliss-reactive ketones (excluding diaryl/α,β-unsaturated/α-hetero) is 2. The van der Waals surface area contributed by atoms with Crippen molar-refractivity contribution in [2.45, 2.75) is 41.7 Å². The summed E-state index contributed by atoms with van der Waals surface area (Å²) in [5, 5.41) is 27.4. The summed E-state index contributed by atoms with van der Waals surface area (Å²) in [4.78, 5) is 66.3. The molecule has 0 aliphatic carbocycles. The van der Waals surface area contributed by atoms with Crippen molar-refractivity contribution in [1.29, 1.82) is 0 Å². The maximum Gasteiger partial charge on any atom is 1.00 e. The minimum atomic E-state index is -0.192. The Labute approximate surface area is 629 Å². The van der Waals surface area contributed by atoms with E-state index in [1.54, 1.807) is 54.0 Å². The number of aromatic nitrogens is 3. The number of hydrogen-bond donors (Lipinski definition) is 4. The molecular formula is C57H59Br4K2N9O11S3. The number of amidine groups is 3. The van der Waals surface area contributed by atoms with E-state index in [4.69, 9.17) is 55.6 Å². The molecule has 0 saturated heterocycles. The van der Waals surface area contributed by atoms with Crippen molar-refractivity contribution in [1.82, 2.24) is 20.4 Å². The Morgan fingerprint density at radius 1 is 0.698 bits per heavy atom. The topological polar surface area (TPSA) is 290 Å². The molecule has 6 N–H and O–H groups in total. The number of alkyl halides is 1. The molecule has 20 nitrogen and oxygen atoms in total. The number of halogens is 4. The van der Waals surface area contributed by atoms with Gasteiger partial charge in [0.05, 0.1) is 49.8 Å². The molecule has 0 saturated carbocycles. The van der Waals surface area contributed by atoms with Crippen LogP contribution in [-0.4, -0.2) is 95.6 Å². The fourth-order valence-corrected chi connectivity index (χ4v) is 12.7. The molecule has 1 aliphatic heterocycles. The van der Waals surface area contributed by atoms with Crippen LogP contribution >= 0.6 is 97.7 Å². The fraction of sp³-hybridized carbons (Fsp3) is 0.211. The molecule has 29 heteroatoms. The van der Waals surface area contributed by atoms with Crippen molar-refractivity contribution in [3.63, 3.8) is 0 Å². The van der Waals surface area contributed by atoms with Crippen LogP contribution in [0.4, 0.5) is 0 Å². The molecule has 86 heavy (non-hydrogen) atoms. The van der Waals surface area contributed by atoms with Gasteiger partial charge >= 0.3 is 103 Å². The van der Waals surface area contributed by atoms with Crippen LogP contribution in [0.15, 0.2) is 138 Å². The van der Waals surface area contributed by atoms with Crippen molar-refractivity contribution in [2.75, 3.05) is 39.9 Å². The molecule has 7 heterocycles. The molecule has 1 atom stereocenters. The van der Waals surface area contributed by atoms with Gasteiger partial charge in [-0.25, -0.2) is 20.4 Å². The number of carbonyl (C=O) groups excluding carboxylic acids is 3. The summed E-state index contributed by atoms with van der Waals surface area (Å²) >= 11 is 18.0. The SMILES string of the molecule is C.C.COc1nc(/C(N)=N/O)ccc1Br.COc1nc(/C(N)=N/OCC(=O)c2sc3ccccc3c2C)ccc1Br.COc1nc(C2=NC(c3sc4ccccc4c3C)CON2)ccc1Br.Cc1c(C(=O)CBr)sc2ccccc12.O=CO[O-].[H-].[K+].[K+]. The van der Waals surface area contributed by atoms with Crippen LogP contribution < -0.4 is 139 Å². The molecule has 1 aliphatic rings. The number of benzene rings is 3. The number of nitrogens with two attached hydrogens (primary N) is 2. The van der Waals surface area contributed by atoms with E-state index in [0.29, 0.717) is 66.3 Å². The number of hydrogen-bond acceptors (Lipinski definition) is 21. The average molecular weight is 1540 g/mol. The maximum absolute atomic E-state index is 12.4. The summed E-state index contributed by atoms with van der Waals surface area (Å²) in [6, 6.07) is 34.9. The zero-order valence-corrected chi connectivity index (χ0v) is 61.3. The standard InChI is InChI=1S/C18H16BrN3O3S.C18H16BrN3O2S.C11H9BrOS.C7H8BrN3O2.CH2O3.2CH4.2K.H/c1-10-11-5-3-4-6-15(11)26-16(10)14(23)9-25-22-17(20)13-8-7-12(19)18(21-13)24-2;1-10-11-5-3-4-6-15(11)25-16(10)14-9-24-22-17(20-14)13-8-7-12(19)18(21-13)23-2;1-7-8-4-2-3-5-10(8)14-11(7)9(13)6-12;1-13-7-4(8)2-3-5(10-7)6(9)11-12;2-1-4-3;;;;;/h3-8H,9H2,1-2H3,(H2,20,22);3-8,14H,9H2,1-2H3,(H,20,22);2-5H,6H2,1H3;2-3,12H,1H3,(H2,9,11);1,3H;2*1H4;;;/q;;;;;;;2*+1;-1/p-1. The molecule has 9 aromatic rings. The van der Waals surface area contributed by atoms with E-state index < -0.39 is 0 Å². The van der Waals surface area contributed by atoms with Gasteiger partial charge in [0.1, 0.15) is 29.7 Å². The molecule has 3 aromatic carbocycles. The van der Waals surface area contributed by atoms with Crippen molar-refractivity contribution in [3.8, 4) is 17.6 Å². The predicted octanol–water partition coefficient (Wildman–Crippen LogP) is 6.86. The first-order chi connectivity index (χ1) is 39.5. The van der Waals surface area contributed by atoms with Gasteiger partial charge in [0.25, 0.3) is 6.47 Å². The number of nitrogens with one attached hydrogen (secondary N) is 1. The predicted molar refractivity (Wildman–Crippen MR) is 347 cm³/mol. The summed E-state index contributed by atoms with van der Waals surface area (Å²) in [7, 11) is 4.59. The van der Waals surface area contributed by atoms with Crippen LogP contribution in [0.5, 0.6) is 17.6 Å². The minimum Gasteiger partial charge on any atom is -1.00 e. The summed E-state index contributed by atoms with van der Waals surface area (Å²) in [5.41, 5.74) is 18.9. The Morgan fingerprint density at radius 3 is 1.57 bits per heavy atom. The van der Waals surface area contributed by atoms with Crippen LogP contribution in [0.3, 0.4) is 0 Å². The van der Waals surface area contributed by atoms with Crippen molar-refractivity contribution < 1.29 is 158 Å². The van der Waals surface area contributed by atoms with Gasteiger partial charge in [-0.05, 0) is 156 Å². The third-order valence-electron chi connectivity index (χ3n) is 11.5. The number of pyridine rings is 3. The van der Waals surface area contributed by atoms with Gasteiger partial charge in [-0.2, -0.15) is 0 Å². The first-order valence-corrected chi connectivity index (χ1v) is 29.8. The van der Waals surface area contributed by atoms with Gasteiger partial charge in [0.2, 0.25) is 23.4 Å². The number of aliphatic imine (C=N–C) groups is 1. The minimum absolute atomic E-state index is 0. The van der Waals surface area contributed by atoms with E-state index in [1.165, 1.54) is 56.2 Å². The Hall–Kier alpha value is -3.68. The number of aryl methyl sites for hydroxylation is 3. The number of ketones is 2. The maximum atomic E-state index is 12.4. The summed E-state index contributed by atoms with van der Waals surface area (Å²) in [5.74, 6) is 1.95.